The summed E-state index contributed by atoms with van der Waals surface area (Å²) < 4.78 is 256. The number of ether oxygens (including phenoxy) is 1. The molecule has 222 valence electrons. The quantitative estimate of drug-likeness (QED) is 0.0612. The Kier molecular flexibility index (Phi) is 9.02. The fraction of sp³-hybridized carbons (Fsp3) is 0.786. The van der Waals surface area contributed by atoms with Crippen LogP contribution in [0.25, 0.3) is 10.4 Å². The lowest BCUT2D eigenvalue weighted by molar-refractivity contribution is -0.467. The van der Waals surface area contributed by atoms with Gasteiger partial charge >= 0.3 is 59.5 Å². The highest BCUT2D eigenvalue weighted by Crippen LogP contribution is 2.65. The molecule has 0 aliphatic carbocycles. The first kappa shape index (κ1) is 35.2. The van der Waals surface area contributed by atoms with Crippen LogP contribution in [0.2, 0.25) is 0 Å². The number of carbonyl (C=O) groups is 1. The van der Waals surface area contributed by atoms with Gasteiger partial charge in [-0.05, 0) is 12.5 Å². The molecule has 0 rings (SSSR count). The molecule has 0 radical (unpaired) electrons. The van der Waals surface area contributed by atoms with Crippen LogP contribution in [0.5, 0.6) is 0 Å². The van der Waals surface area contributed by atoms with E-state index in [1.54, 1.807) is 5.11 Å². The van der Waals surface area contributed by atoms with E-state index < -0.39 is 77.9 Å². The first-order chi connectivity index (χ1) is 16.4. The highest BCUT2D eigenvalue weighted by atomic mass is 19.4. The van der Waals surface area contributed by atoms with E-state index in [1.807, 2.05) is 0 Å². The highest BCUT2D eigenvalue weighted by Gasteiger charge is 2.96. The Labute approximate surface area is 194 Å². The van der Waals surface area contributed by atoms with Crippen molar-refractivity contribution in [3.8, 4) is 0 Å². The number of halogens is 19. The minimum atomic E-state index is -9.09. The number of allylic oxidation sites excluding steroid dienone is 1. The van der Waals surface area contributed by atoms with Gasteiger partial charge < -0.3 is 4.74 Å². The normalized spacial score (nSPS) is 15.7. The van der Waals surface area contributed by atoms with Crippen molar-refractivity contribution in [3.05, 3.63) is 22.2 Å². The smallest absolute Gasteiger partial charge is 0.460 e. The molecule has 38 heavy (non-hydrogen) atoms. The fourth-order valence-corrected chi connectivity index (χ4v) is 2.05. The number of esters is 1. The van der Waals surface area contributed by atoms with E-state index in [1.165, 1.54) is 4.91 Å². The number of azide groups is 1. The van der Waals surface area contributed by atoms with Crippen molar-refractivity contribution in [2.45, 2.75) is 60.5 Å². The van der Waals surface area contributed by atoms with Crippen molar-refractivity contribution in [1.82, 2.24) is 0 Å². The molecule has 0 N–H and O–H groups in total. The Hall–Kier alpha value is -2.81. The summed E-state index contributed by atoms with van der Waals surface area (Å²) in [6.07, 6.45) is -9.09. The molecule has 0 bridgehead atoms. The molecule has 0 saturated carbocycles. The van der Waals surface area contributed by atoms with Crippen molar-refractivity contribution < 1.29 is 92.9 Å². The molecule has 0 aromatic heterocycles. The predicted molar refractivity (Wildman–Crippen MR) is 79.5 cm³/mol. The Bertz CT molecular complexity index is 978. The number of hydrogen-bond acceptors (Lipinski definition) is 3. The molecule has 0 aromatic carbocycles. The van der Waals surface area contributed by atoms with Gasteiger partial charge in [0.1, 0.15) is 0 Å². The predicted octanol–water partition coefficient (Wildman–Crippen LogP) is 7.39. The lowest BCUT2D eigenvalue weighted by Gasteiger charge is -2.43. The minimum absolute atomic E-state index is 0.826. The van der Waals surface area contributed by atoms with Crippen LogP contribution in [0, 0.1) is 0 Å². The molecule has 0 aliphatic heterocycles. The summed E-state index contributed by atoms with van der Waals surface area (Å²) in [5.74, 6) is -71.0. The summed E-state index contributed by atoms with van der Waals surface area (Å²) in [7, 11) is 0. The summed E-state index contributed by atoms with van der Waals surface area (Å²) in [4.78, 5) is 12.4. The average Bonchev–Trinajstić information content (AvgIpc) is 2.71. The first-order valence-corrected chi connectivity index (χ1v) is 8.45. The van der Waals surface area contributed by atoms with E-state index in [4.69, 9.17) is 5.53 Å². The van der Waals surface area contributed by atoms with Gasteiger partial charge in [-0.15, -0.1) is 0 Å². The Morgan fingerprint density at radius 1 is 0.658 bits per heavy atom. The average molecular weight is 609 g/mol. The van der Waals surface area contributed by atoms with Crippen LogP contribution in [-0.2, 0) is 9.53 Å². The van der Waals surface area contributed by atoms with E-state index in [9.17, 15) is 88.2 Å². The maximum absolute atomic E-state index is 14.0. The molecule has 0 saturated heterocycles. The van der Waals surface area contributed by atoms with Gasteiger partial charge in [-0.3, -0.25) is 0 Å². The number of carbonyl (C=O) groups excluding carboxylic acids is 1. The third kappa shape index (κ3) is 4.74. The SMILES string of the molecule is CCOC(=O)/C=C(\N=[N+]=[N-])C(F)(F)C(F)(F)C(F)(F)C(F)(F)C(F)(F)C(F)(F)C(F)(F)C(F)(F)C(F)(F)F. The van der Waals surface area contributed by atoms with E-state index in [0.29, 0.717) is 0 Å². The summed E-state index contributed by atoms with van der Waals surface area (Å²) in [5, 5.41) is 1.54. The van der Waals surface area contributed by atoms with Crippen LogP contribution in [-0.4, -0.2) is 66.1 Å². The standard InChI is InChI=1S/C14H6F19N3O2/c1-2-38-5(37)3-4(35-36-34)6(15,16)7(17,18)8(19,20)9(21,22)10(23,24)11(25,26)12(27,28)13(29,30)14(31,32)33/h3H,2H2,1H3/b4-3-. The summed E-state index contributed by atoms with van der Waals surface area (Å²) in [6.45, 7) is 0.0495. The van der Waals surface area contributed by atoms with E-state index in [0.717, 1.165) is 6.92 Å². The minimum Gasteiger partial charge on any atom is -0.463 e. The van der Waals surface area contributed by atoms with Crippen LogP contribution in [0.15, 0.2) is 16.9 Å². The summed E-state index contributed by atoms with van der Waals surface area (Å²) in [5.41, 5.74) is 4.68. The third-order valence-electron chi connectivity index (χ3n) is 4.13. The number of nitrogens with zero attached hydrogens (tertiary/aromatic N) is 3. The van der Waals surface area contributed by atoms with E-state index >= 15 is 0 Å². The lowest BCUT2D eigenvalue weighted by Crippen LogP contribution is -2.75. The summed E-state index contributed by atoms with van der Waals surface area (Å²) in [6, 6.07) is 0. The Balaban J connectivity index is 7.20. The highest BCUT2D eigenvalue weighted by molar-refractivity contribution is 5.83. The Morgan fingerprint density at radius 2 is 0.974 bits per heavy atom. The zero-order chi connectivity index (χ0) is 31.2. The van der Waals surface area contributed by atoms with Gasteiger partial charge in [0.05, 0.1) is 12.3 Å². The zero-order valence-corrected chi connectivity index (χ0v) is 17.1. The molecule has 0 aliphatic rings. The van der Waals surface area contributed by atoms with Crippen molar-refractivity contribution in [3.63, 3.8) is 0 Å². The van der Waals surface area contributed by atoms with Crippen molar-refractivity contribution in [1.29, 1.82) is 0 Å². The van der Waals surface area contributed by atoms with Crippen LogP contribution in [0.3, 0.4) is 0 Å². The number of alkyl halides is 19. The van der Waals surface area contributed by atoms with Crippen LogP contribution in [0.4, 0.5) is 83.4 Å². The molecule has 0 atom stereocenters. The Morgan fingerprint density at radius 3 is 1.26 bits per heavy atom. The monoisotopic (exact) mass is 609 g/mol. The van der Waals surface area contributed by atoms with Crippen molar-refractivity contribution in [2.75, 3.05) is 6.61 Å². The van der Waals surface area contributed by atoms with Gasteiger partial charge in [-0.1, -0.05) is 5.11 Å². The molecular weight excluding hydrogens is 603 g/mol. The van der Waals surface area contributed by atoms with Gasteiger partial charge in [0.15, 0.2) is 0 Å². The maximum atomic E-state index is 14.0. The van der Waals surface area contributed by atoms with Gasteiger partial charge in [-0.25, -0.2) is 4.79 Å². The van der Waals surface area contributed by atoms with E-state index in [2.05, 4.69) is 4.74 Å². The summed E-state index contributed by atoms with van der Waals surface area (Å²) >= 11 is 0. The van der Waals surface area contributed by atoms with Crippen LogP contribution in [0.1, 0.15) is 6.92 Å². The second-order valence-corrected chi connectivity index (χ2v) is 6.56. The number of rotatable bonds is 11. The fourth-order valence-electron chi connectivity index (χ4n) is 2.05. The van der Waals surface area contributed by atoms with Gasteiger partial charge in [0, 0.05) is 11.0 Å². The number of hydrogen-bond donors (Lipinski definition) is 0. The maximum Gasteiger partial charge on any atom is 0.460 e. The lowest BCUT2D eigenvalue weighted by atomic mass is 9.87. The molecule has 0 unspecified atom stereocenters. The molecule has 0 amide bonds. The van der Waals surface area contributed by atoms with E-state index in [-0.39, 0.29) is 0 Å². The molecule has 0 spiro atoms. The van der Waals surface area contributed by atoms with Gasteiger partial charge in [-0.2, -0.15) is 83.4 Å². The molecule has 24 heteroatoms. The molecule has 0 fully saturated rings. The second kappa shape index (κ2) is 9.74. The molecule has 0 heterocycles. The van der Waals surface area contributed by atoms with Crippen molar-refractivity contribution in [2.24, 2.45) is 5.11 Å². The second-order valence-electron chi connectivity index (χ2n) is 6.56. The third-order valence-corrected chi connectivity index (χ3v) is 4.13. The topological polar surface area (TPSA) is 75.1 Å². The zero-order valence-electron chi connectivity index (χ0n) is 17.1. The van der Waals surface area contributed by atoms with Crippen LogP contribution >= 0.6 is 0 Å². The molecule has 5 nitrogen and oxygen atoms in total. The first-order valence-electron chi connectivity index (χ1n) is 8.45. The van der Waals surface area contributed by atoms with Crippen molar-refractivity contribution >= 4 is 5.97 Å². The molecular formula is C14H6F19N3O2. The van der Waals surface area contributed by atoms with Gasteiger partial charge in [0.25, 0.3) is 0 Å². The van der Waals surface area contributed by atoms with Gasteiger partial charge in [0.2, 0.25) is 0 Å². The molecule has 0 aromatic rings. The van der Waals surface area contributed by atoms with Crippen LogP contribution < -0.4 is 0 Å². The largest absolute Gasteiger partial charge is 0.463 e.